The fraction of sp³-hybridized carbons (Fsp3) is 0.364. The van der Waals surface area contributed by atoms with Crippen LogP contribution in [0.4, 0.5) is 10.1 Å². The fourth-order valence-corrected chi connectivity index (χ4v) is 2.71. The molecule has 9 heteroatoms. The van der Waals surface area contributed by atoms with Crippen molar-refractivity contribution in [1.29, 1.82) is 0 Å². The van der Waals surface area contributed by atoms with Gasteiger partial charge in [0.15, 0.2) is 5.96 Å². The molecule has 0 saturated carbocycles. The van der Waals surface area contributed by atoms with Crippen molar-refractivity contribution < 1.29 is 18.7 Å². The van der Waals surface area contributed by atoms with Crippen LogP contribution in [0.2, 0.25) is 0 Å². The number of carbonyl (C=O) groups excluding carboxylic acids is 1. The lowest BCUT2D eigenvalue weighted by Gasteiger charge is -2.18. The molecule has 0 spiro atoms. The van der Waals surface area contributed by atoms with Crippen LogP contribution < -0.4 is 25.4 Å². The van der Waals surface area contributed by atoms with Gasteiger partial charge in [0.1, 0.15) is 23.4 Å². The number of guanidine groups is 1. The molecule has 0 aliphatic carbocycles. The Bertz CT molecular complexity index is 880. The van der Waals surface area contributed by atoms with Crippen LogP contribution >= 0.6 is 24.0 Å². The van der Waals surface area contributed by atoms with E-state index in [0.29, 0.717) is 42.8 Å². The molecule has 2 aromatic carbocycles. The Kier molecular flexibility index (Phi) is 11.7. The van der Waals surface area contributed by atoms with Crippen molar-refractivity contribution in [2.75, 3.05) is 25.5 Å². The number of hydrogen-bond acceptors (Lipinski definition) is 4. The number of methoxy groups -OCH3 is 1. The van der Waals surface area contributed by atoms with Crippen LogP contribution in [0.1, 0.15) is 26.3 Å². The van der Waals surface area contributed by atoms with Crippen LogP contribution in [-0.2, 0) is 11.3 Å². The van der Waals surface area contributed by atoms with E-state index in [1.807, 2.05) is 26.0 Å². The first-order valence-electron chi connectivity index (χ1n) is 9.80. The fourth-order valence-electron chi connectivity index (χ4n) is 2.71. The zero-order valence-corrected chi connectivity index (χ0v) is 20.5. The summed E-state index contributed by atoms with van der Waals surface area (Å²) in [5, 5.41) is 9.16. The summed E-state index contributed by atoms with van der Waals surface area (Å²) >= 11 is 0. The van der Waals surface area contributed by atoms with Gasteiger partial charge in [-0.1, -0.05) is 12.1 Å². The van der Waals surface area contributed by atoms with Gasteiger partial charge in [-0.05, 0) is 43.7 Å². The molecule has 2 rings (SSSR count). The molecule has 0 saturated heterocycles. The number of halogens is 2. The second-order valence-electron chi connectivity index (χ2n) is 6.68. The second-order valence-corrected chi connectivity index (χ2v) is 6.68. The number of aliphatic imine (C=N–C) groups is 1. The van der Waals surface area contributed by atoms with Crippen molar-refractivity contribution in [3.63, 3.8) is 0 Å². The first kappa shape index (κ1) is 26.5. The zero-order chi connectivity index (χ0) is 21.9. The molecule has 0 heterocycles. The minimum atomic E-state index is -0.333. The summed E-state index contributed by atoms with van der Waals surface area (Å²) in [6, 6.07) is 11.6. The molecule has 0 bridgehead atoms. The summed E-state index contributed by atoms with van der Waals surface area (Å²) in [6.07, 6.45) is -0.192. The number of hydrogen-bond donors (Lipinski definition) is 3. The summed E-state index contributed by atoms with van der Waals surface area (Å²) in [5.74, 6) is 1.20. The maximum Gasteiger partial charge on any atom is 0.221 e. The molecule has 0 fully saturated rings. The Hall–Kier alpha value is -2.56. The van der Waals surface area contributed by atoms with E-state index in [0.717, 1.165) is 5.56 Å². The van der Waals surface area contributed by atoms with E-state index in [2.05, 4.69) is 20.9 Å². The van der Waals surface area contributed by atoms with Gasteiger partial charge in [-0.15, -0.1) is 24.0 Å². The quantitative estimate of drug-likeness (QED) is 0.253. The Morgan fingerprint density at radius 2 is 1.97 bits per heavy atom. The van der Waals surface area contributed by atoms with Crippen molar-refractivity contribution >= 4 is 41.5 Å². The molecule has 1 atom stereocenters. The number of rotatable bonds is 9. The van der Waals surface area contributed by atoms with Crippen molar-refractivity contribution in [3.8, 4) is 11.5 Å². The molecule has 2 aromatic rings. The van der Waals surface area contributed by atoms with E-state index in [-0.39, 0.29) is 41.8 Å². The van der Waals surface area contributed by atoms with Crippen LogP contribution in [-0.4, -0.2) is 38.2 Å². The molecule has 0 aromatic heterocycles. The van der Waals surface area contributed by atoms with Crippen molar-refractivity contribution in [1.82, 2.24) is 10.6 Å². The number of benzene rings is 2. The number of carbonyl (C=O) groups is 1. The molecule has 0 radical (unpaired) electrons. The van der Waals surface area contributed by atoms with Crippen molar-refractivity contribution in [2.45, 2.75) is 33.4 Å². The predicted octanol–water partition coefficient (Wildman–Crippen LogP) is 3.93. The van der Waals surface area contributed by atoms with E-state index in [4.69, 9.17) is 9.47 Å². The second kappa shape index (κ2) is 13.7. The standard InChI is InChI=1S/C22H29FN4O3.HI/c1-5-24-22(25-13-15(2)30-19-8-6-7-18(23)12-19)26-14-17-9-10-21(29-4)20(11-17)27-16(3)28;/h6-12,15H,5,13-14H2,1-4H3,(H,27,28)(H2,24,25,26);1H. The maximum absolute atomic E-state index is 13.3. The van der Waals surface area contributed by atoms with Gasteiger partial charge < -0.3 is 25.4 Å². The van der Waals surface area contributed by atoms with Crippen LogP contribution in [0.5, 0.6) is 11.5 Å². The molecule has 0 aliphatic heterocycles. The van der Waals surface area contributed by atoms with Gasteiger partial charge in [0.2, 0.25) is 5.91 Å². The Labute approximate surface area is 199 Å². The van der Waals surface area contributed by atoms with E-state index in [1.54, 1.807) is 25.3 Å². The number of nitrogens with one attached hydrogen (secondary N) is 3. The predicted molar refractivity (Wildman–Crippen MR) is 132 cm³/mol. The Morgan fingerprint density at radius 3 is 2.61 bits per heavy atom. The highest BCUT2D eigenvalue weighted by atomic mass is 127. The highest BCUT2D eigenvalue weighted by molar-refractivity contribution is 14.0. The maximum atomic E-state index is 13.3. The van der Waals surface area contributed by atoms with E-state index in [9.17, 15) is 9.18 Å². The van der Waals surface area contributed by atoms with Gasteiger partial charge in [0.05, 0.1) is 25.9 Å². The van der Waals surface area contributed by atoms with Gasteiger partial charge in [0, 0.05) is 19.5 Å². The summed E-state index contributed by atoms with van der Waals surface area (Å²) in [5.41, 5.74) is 1.52. The van der Waals surface area contributed by atoms with Gasteiger partial charge in [0.25, 0.3) is 0 Å². The van der Waals surface area contributed by atoms with Crippen LogP contribution in [0.25, 0.3) is 0 Å². The molecule has 0 aliphatic rings. The molecule has 170 valence electrons. The minimum absolute atomic E-state index is 0. The summed E-state index contributed by atoms with van der Waals surface area (Å²) in [4.78, 5) is 16.0. The van der Waals surface area contributed by atoms with Crippen molar-refractivity contribution in [2.24, 2.45) is 4.99 Å². The third kappa shape index (κ3) is 9.41. The minimum Gasteiger partial charge on any atom is -0.495 e. The number of nitrogens with zero attached hydrogens (tertiary/aromatic N) is 1. The SMILES string of the molecule is CCNC(=NCc1ccc(OC)c(NC(C)=O)c1)NCC(C)Oc1cccc(F)c1.I. The lowest BCUT2D eigenvalue weighted by atomic mass is 10.2. The van der Waals surface area contributed by atoms with Crippen LogP contribution in [0.15, 0.2) is 47.5 Å². The third-order valence-electron chi connectivity index (χ3n) is 4.03. The third-order valence-corrected chi connectivity index (χ3v) is 4.03. The lowest BCUT2D eigenvalue weighted by Crippen LogP contribution is -2.41. The summed E-state index contributed by atoms with van der Waals surface area (Å²) in [6.45, 7) is 6.92. The Morgan fingerprint density at radius 1 is 1.19 bits per heavy atom. The molecule has 7 nitrogen and oxygen atoms in total. The highest BCUT2D eigenvalue weighted by Gasteiger charge is 2.08. The zero-order valence-electron chi connectivity index (χ0n) is 18.2. The van der Waals surface area contributed by atoms with Gasteiger partial charge >= 0.3 is 0 Å². The first-order valence-corrected chi connectivity index (χ1v) is 9.80. The molecule has 3 N–H and O–H groups in total. The van der Waals surface area contributed by atoms with E-state index < -0.39 is 0 Å². The van der Waals surface area contributed by atoms with Crippen LogP contribution in [0.3, 0.4) is 0 Å². The van der Waals surface area contributed by atoms with Crippen molar-refractivity contribution in [3.05, 3.63) is 53.8 Å². The normalized spacial score (nSPS) is 11.7. The number of ether oxygens (including phenoxy) is 2. The number of amides is 1. The van der Waals surface area contributed by atoms with Gasteiger partial charge in [-0.25, -0.2) is 9.38 Å². The smallest absolute Gasteiger partial charge is 0.221 e. The topological polar surface area (TPSA) is 84.0 Å². The molecule has 1 amide bonds. The largest absolute Gasteiger partial charge is 0.495 e. The molecular formula is C22H30FIN4O3. The molecule has 31 heavy (non-hydrogen) atoms. The van der Waals surface area contributed by atoms with E-state index in [1.165, 1.54) is 19.1 Å². The van der Waals surface area contributed by atoms with Gasteiger partial charge in [-0.3, -0.25) is 4.79 Å². The van der Waals surface area contributed by atoms with Crippen LogP contribution in [0, 0.1) is 5.82 Å². The van der Waals surface area contributed by atoms with Gasteiger partial charge in [-0.2, -0.15) is 0 Å². The summed E-state index contributed by atoms with van der Waals surface area (Å²) in [7, 11) is 1.55. The first-order chi connectivity index (χ1) is 14.4. The lowest BCUT2D eigenvalue weighted by molar-refractivity contribution is -0.114. The molecular weight excluding hydrogens is 514 g/mol. The summed E-state index contributed by atoms with van der Waals surface area (Å²) < 4.78 is 24.3. The molecule has 1 unspecified atom stereocenters. The number of anilines is 1. The average Bonchev–Trinajstić information content (AvgIpc) is 2.70. The van der Waals surface area contributed by atoms with E-state index >= 15 is 0 Å². The average molecular weight is 544 g/mol. The highest BCUT2D eigenvalue weighted by Crippen LogP contribution is 2.25. The monoisotopic (exact) mass is 544 g/mol. The Balaban J connectivity index is 0.00000480.